The van der Waals surface area contributed by atoms with Gasteiger partial charge in [-0.3, -0.25) is 18.6 Å². The number of phosphoric acid groups is 1. The second-order valence-electron chi connectivity index (χ2n) is 14.3. The van der Waals surface area contributed by atoms with E-state index in [4.69, 9.17) is 18.5 Å². The number of unbranched alkanes of at least 4 members (excludes halogenated alkanes) is 9. The molecule has 0 heterocycles. The van der Waals surface area contributed by atoms with E-state index in [-0.39, 0.29) is 26.1 Å². The minimum atomic E-state index is -4.39. The van der Waals surface area contributed by atoms with Crippen molar-refractivity contribution in [2.45, 2.75) is 142 Å². The second-order valence-corrected chi connectivity index (χ2v) is 15.7. The summed E-state index contributed by atoms with van der Waals surface area (Å²) >= 11 is 0. The first kappa shape index (κ1) is 50.5. The molecule has 0 aliphatic rings. The summed E-state index contributed by atoms with van der Waals surface area (Å²) in [6, 6.07) is 0. The Morgan fingerprint density at radius 1 is 0.604 bits per heavy atom. The standard InChI is InChI=1S/C43H74NO8P/c1-6-8-10-12-14-16-18-20-21-22-23-24-26-28-30-32-34-36-43(46)52-41(40-51-53(47,48)50-38-37-44(3,4)5)39-49-42(45)35-33-31-29-27-25-19-17-15-13-11-9-7-2/h8,10,14-17,20-21,23-24,28,30,41H,6-7,9,11-13,18-19,22,25-27,29,31-40H2,1-5H3/p+1/b10-8-,16-14-,17-15-,21-20-,24-23-,30-28-/t41-/m1/s1. The van der Waals surface area contributed by atoms with Crippen molar-refractivity contribution in [2.24, 2.45) is 0 Å². The summed E-state index contributed by atoms with van der Waals surface area (Å²) < 4.78 is 34.1. The van der Waals surface area contributed by atoms with E-state index in [0.717, 1.165) is 70.6 Å². The first-order valence-electron chi connectivity index (χ1n) is 20.2. The number of ether oxygens (including phenoxy) is 2. The number of rotatable bonds is 35. The van der Waals surface area contributed by atoms with Gasteiger partial charge in [-0.25, -0.2) is 4.57 Å². The zero-order chi connectivity index (χ0) is 39.3. The molecule has 0 aliphatic carbocycles. The maximum atomic E-state index is 12.6. The highest BCUT2D eigenvalue weighted by Crippen LogP contribution is 2.43. The smallest absolute Gasteiger partial charge is 0.462 e. The summed E-state index contributed by atoms with van der Waals surface area (Å²) in [5.74, 6) is -0.887. The Labute approximate surface area is 323 Å². The van der Waals surface area contributed by atoms with Gasteiger partial charge in [0.05, 0.1) is 27.7 Å². The summed E-state index contributed by atoms with van der Waals surface area (Å²) in [7, 11) is 1.42. The number of allylic oxidation sites excluding steroid dienone is 12. The fourth-order valence-corrected chi connectivity index (χ4v) is 5.55. The lowest BCUT2D eigenvalue weighted by Gasteiger charge is -2.24. The van der Waals surface area contributed by atoms with Crippen LogP contribution in [-0.2, 0) is 32.7 Å². The van der Waals surface area contributed by atoms with Gasteiger partial charge in [-0.2, -0.15) is 0 Å². The van der Waals surface area contributed by atoms with Crippen molar-refractivity contribution in [3.63, 3.8) is 0 Å². The lowest BCUT2D eigenvalue weighted by Crippen LogP contribution is -2.37. The van der Waals surface area contributed by atoms with Crippen LogP contribution in [0.4, 0.5) is 0 Å². The zero-order valence-electron chi connectivity index (χ0n) is 34.0. The van der Waals surface area contributed by atoms with Gasteiger partial charge in [0.1, 0.15) is 19.8 Å². The van der Waals surface area contributed by atoms with Crippen molar-refractivity contribution < 1.29 is 42.1 Å². The summed E-state index contributed by atoms with van der Waals surface area (Å²) in [6.45, 7) is 4.17. The fraction of sp³-hybridized carbons (Fsp3) is 0.674. The van der Waals surface area contributed by atoms with Crippen molar-refractivity contribution in [1.82, 2.24) is 0 Å². The van der Waals surface area contributed by atoms with Gasteiger partial charge < -0.3 is 18.9 Å². The van der Waals surface area contributed by atoms with Crippen LogP contribution in [0.15, 0.2) is 72.9 Å². The monoisotopic (exact) mass is 765 g/mol. The lowest BCUT2D eigenvalue weighted by atomic mass is 10.1. The molecule has 0 aromatic heterocycles. The normalized spacial score (nSPS) is 14.5. The third-order valence-corrected chi connectivity index (χ3v) is 8.95. The molecule has 0 aliphatic heterocycles. The SMILES string of the molecule is CC/C=C\C/C=C\C/C=C\C/C=C\C/C=C\CCCC(=O)O[C@H](COC(=O)CCCCCCC/C=C\CCCCC)COP(=O)(O)OCC[N+](C)(C)C. The van der Waals surface area contributed by atoms with Gasteiger partial charge in [0.2, 0.25) is 0 Å². The molecule has 0 saturated heterocycles. The molecule has 0 fully saturated rings. The Balaban J connectivity index is 4.55. The van der Waals surface area contributed by atoms with Crippen molar-refractivity contribution in [3.05, 3.63) is 72.9 Å². The highest BCUT2D eigenvalue weighted by atomic mass is 31.2. The predicted octanol–water partition coefficient (Wildman–Crippen LogP) is 11.1. The molecule has 0 aromatic carbocycles. The number of hydrogen-bond donors (Lipinski definition) is 1. The summed E-state index contributed by atoms with van der Waals surface area (Å²) in [5.41, 5.74) is 0. The van der Waals surface area contributed by atoms with E-state index in [1.165, 1.54) is 19.3 Å². The van der Waals surface area contributed by atoms with Gasteiger partial charge in [0, 0.05) is 12.8 Å². The Bertz CT molecular complexity index is 1140. The van der Waals surface area contributed by atoms with Crippen molar-refractivity contribution >= 4 is 19.8 Å². The molecular formula is C43H75NO8P+. The number of carbonyl (C=O) groups is 2. The number of quaternary nitrogens is 1. The maximum Gasteiger partial charge on any atom is 0.472 e. The first-order valence-corrected chi connectivity index (χ1v) is 21.7. The maximum absolute atomic E-state index is 12.6. The Hall–Kier alpha value is -2.55. The van der Waals surface area contributed by atoms with Gasteiger partial charge in [0.15, 0.2) is 6.10 Å². The quantitative estimate of drug-likeness (QED) is 0.0223. The number of hydrogen-bond acceptors (Lipinski definition) is 7. The summed E-state index contributed by atoms with van der Waals surface area (Å²) in [5, 5.41) is 0. The van der Waals surface area contributed by atoms with Crippen molar-refractivity contribution in [3.8, 4) is 0 Å². The van der Waals surface area contributed by atoms with Gasteiger partial charge in [-0.15, -0.1) is 0 Å². The Kier molecular flexibility index (Phi) is 33.5. The Morgan fingerprint density at radius 2 is 1.09 bits per heavy atom. The molecule has 0 radical (unpaired) electrons. The van der Waals surface area contributed by atoms with Crippen LogP contribution in [-0.4, -0.2) is 74.9 Å². The van der Waals surface area contributed by atoms with Crippen LogP contribution < -0.4 is 0 Å². The van der Waals surface area contributed by atoms with E-state index < -0.39 is 32.5 Å². The number of carbonyl (C=O) groups excluding carboxylic acids is 2. The largest absolute Gasteiger partial charge is 0.472 e. The van der Waals surface area contributed by atoms with Crippen LogP contribution in [0.5, 0.6) is 0 Å². The fourth-order valence-electron chi connectivity index (χ4n) is 4.81. The number of nitrogens with zero attached hydrogens (tertiary/aromatic N) is 1. The molecule has 1 unspecified atom stereocenters. The molecule has 0 aromatic rings. The van der Waals surface area contributed by atoms with Gasteiger partial charge in [-0.1, -0.05) is 119 Å². The van der Waals surface area contributed by atoms with Crippen LogP contribution in [0.2, 0.25) is 0 Å². The van der Waals surface area contributed by atoms with E-state index in [1.807, 2.05) is 27.2 Å². The van der Waals surface area contributed by atoms with Gasteiger partial charge in [0.25, 0.3) is 0 Å². The molecule has 1 N–H and O–H groups in total. The second kappa shape index (κ2) is 35.2. The highest BCUT2D eigenvalue weighted by Gasteiger charge is 2.27. The zero-order valence-corrected chi connectivity index (χ0v) is 34.9. The van der Waals surface area contributed by atoms with E-state index in [1.54, 1.807) is 0 Å². The molecule has 0 saturated carbocycles. The molecule has 0 spiro atoms. The molecule has 304 valence electrons. The van der Waals surface area contributed by atoms with E-state index in [9.17, 15) is 19.0 Å². The number of esters is 2. The van der Waals surface area contributed by atoms with Crippen LogP contribution in [0.25, 0.3) is 0 Å². The minimum Gasteiger partial charge on any atom is -0.462 e. The molecule has 9 nitrogen and oxygen atoms in total. The van der Waals surface area contributed by atoms with Crippen LogP contribution >= 0.6 is 7.82 Å². The molecule has 10 heteroatoms. The van der Waals surface area contributed by atoms with Crippen LogP contribution in [0.1, 0.15) is 136 Å². The topological polar surface area (TPSA) is 108 Å². The molecule has 2 atom stereocenters. The van der Waals surface area contributed by atoms with Crippen LogP contribution in [0.3, 0.4) is 0 Å². The van der Waals surface area contributed by atoms with Gasteiger partial charge in [-0.05, 0) is 77.0 Å². The summed E-state index contributed by atoms with van der Waals surface area (Å²) in [4.78, 5) is 35.2. The average Bonchev–Trinajstić information content (AvgIpc) is 3.10. The van der Waals surface area contributed by atoms with E-state index in [2.05, 4.69) is 80.7 Å². The predicted molar refractivity (Wildman–Crippen MR) is 219 cm³/mol. The molecule has 0 bridgehead atoms. The van der Waals surface area contributed by atoms with Crippen molar-refractivity contribution in [2.75, 3.05) is 47.5 Å². The third kappa shape index (κ3) is 39.0. The average molecular weight is 765 g/mol. The van der Waals surface area contributed by atoms with E-state index in [0.29, 0.717) is 30.3 Å². The summed E-state index contributed by atoms with van der Waals surface area (Å²) in [6.07, 6.45) is 42.4. The minimum absolute atomic E-state index is 0.0161. The molecule has 53 heavy (non-hydrogen) atoms. The molecular weight excluding hydrogens is 689 g/mol. The number of likely N-dealkylation sites (N-methyl/N-ethyl adjacent to an activating group) is 1. The highest BCUT2D eigenvalue weighted by molar-refractivity contribution is 7.47. The molecule has 0 amide bonds. The number of phosphoric ester groups is 1. The lowest BCUT2D eigenvalue weighted by molar-refractivity contribution is -0.870. The first-order chi connectivity index (χ1) is 25.5. The molecule has 0 rings (SSSR count). The van der Waals surface area contributed by atoms with Gasteiger partial charge >= 0.3 is 19.8 Å². The Morgan fingerprint density at radius 3 is 1.68 bits per heavy atom. The van der Waals surface area contributed by atoms with Crippen LogP contribution in [0, 0.1) is 0 Å². The third-order valence-electron chi connectivity index (χ3n) is 7.97. The van der Waals surface area contributed by atoms with E-state index >= 15 is 0 Å². The van der Waals surface area contributed by atoms with Crippen molar-refractivity contribution in [1.29, 1.82) is 0 Å².